The predicted molar refractivity (Wildman–Crippen MR) is 70.8 cm³/mol. The minimum Gasteiger partial charge on any atom is -0.334 e. The molecule has 1 aromatic heterocycles. The first-order valence-corrected chi connectivity index (χ1v) is 6.72. The second-order valence-electron chi connectivity index (χ2n) is 4.66. The maximum atomic E-state index is 12.2. The van der Waals surface area contributed by atoms with Crippen LogP contribution in [0, 0.1) is 5.41 Å². The molecule has 1 unspecified atom stereocenters. The monoisotopic (exact) mass is 253 g/mol. The molecule has 1 aromatic rings. The Balaban J connectivity index is 2.13. The summed E-state index contributed by atoms with van der Waals surface area (Å²) in [5.74, 6) is 0.146. The van der Waals surface area contributed by atoms with Gasteiger partial charge in [0.2, 0.25) is 5.91 Å². The molecule has 86 valence electrons. The molecule has 0 spiro atoms. The van der Waals surface area contributed by atoms with Crippen molar-refractivity contribution in [1.29, 1.82) is 0 Å². The fourth-order valence-corrected chi connectivity index (χ4v) is 2.80. The van der Waals surface area contributed by atoms with Crippen LogP contribution in [0.1, 0.15) is 31.2 Å². The summed E-state index contributed by atoms with van der Waals surface area (Å²) < 4.78 is 0. The van der Waals surface area contributed by atoms with Gasteiger partial charge >= 0.3 is 0 Å². The topological polar surface area (TPSA) is 20.3 Å². The Morgan fingerprint density at radius 2 is 2.44 bits per heavy atom. The lowest BCUT2D eigenvalue weighted by molar-refractivity contribution is -0.144. The van der Waals surface area contributed by atoms with Crippen LogP contribution in [0.15, 0.2) is 17.5 Å². The van der Waals surface area contributed by atoms with E-state index in [0.29, 0.717) is 0 Å². The molecule has 1 saturated heterocycles. The molecule has 0 aromatic carbocycles. The van der Waals surface area contributed by atoms with Crippen LogP contribution < -0.4 is 0 Å². The molecule has 0 radical (unpaired) electrons. The van der Waals surface area contributed by atoms with Crippen molar-refractivity contribution in [3.63, 3.8) is 0 Å². The second-order valence-corrected chi connectivity index (χ2v) is 5.87. The predicted octanol–water partition coefficient (Wildman–Crippen LogP) is 3.05. The first kappa shape index (κ1) is 11.7. The highest BCUT2D eigenvalue weighted by Gasteiger charge is 2.39. The summed E-state index contributed by atoms with van der Waals surface area (Å²) in [5.41, 5.74) is -0.523. The van der Waals surface area contributed by atoms with Crippen molar-refractivity contribution in [3.05, 3.63) is 22.4 Å². The first-order chi connectivity index (χ1) is 7.56. The molecular formula is C12H15NOS2. The highest BCUT2D eigenvalue weighted by molar-refractivity contribution is 7.79. The van der Waals surface area contributed by atoms with Crippen LogP contribution in [0.5, 0.6) is 0 Å². The van der Waals surface area contributed by atoms with E-state index >= 15 is 0 Å². The molecule has 0 N–H and O–H groups in total. The number of thiophene rings is 1. The number of hydrogen-bond donors (Lipinski definition) is 0. The van der Waals surface area contributed by atoms with E-state index in [4.69, 9.17) is 12.2 Å². The van der Waals surface area contributed by atoms with Gasteiger partial charge in [-0.05, 0) is 37.1 Å². The molecule has 0 saturated carbocycles. The summed E-state index contributed by atoms with van der Waals surface area (Å²) >= 11 is 6.64. The van der Waals surface area contributed by atoms with Gasteiger partial charge < -0.3 is 4.90 Å². The Morgan fingerprint density at radius 1 is 1.69 bits per heavy atom. The zero-order valence-electron chi connectivity index (χ0n) is 9.47. The number of carbonyl (C=O) groups is 1. The van der Waals surface area contributed by atoms with Crippen molar-refractivity contribution < 1.29 is 4.79 Å². The third kappa shape index (κ3) is 1.92. The molecule has 1 aliphatic heterocycles. The van der Waals surface area contributed by atoms with E-state index in [1.165, 1.54) is 4.88 Å². The van der Waals surface area contributed by atoms with Gasteiger partial charge in [0.1, 0.15) is 0 Å². The Labute approximate surface area is 105 Å². The van der Waals surface area contributed by atoms with E-state index in [1.807, 2.05) is 24.8 Å². The normalized spacial score (nSPS) is 20.4. The largest absolute Gasteiger partial charge is 0.334 e. The quantitative estimate of drug-likeness (QED) is 0.772. The highest BCUT2D eigenvalue weighted by Crippen LogP contribution is 2.38. The number of nitrogens with zero attached hydrogens (tertiary/aromatic N) is 1. The minimum atomic E-state index is -0.523. The third-order valence-electron chi connectivity index (χ3n) is 3.00. The number of amides is 1. The van der Waals surface area contributed by atoms with Crippen molar-refractivity contribution >= 4 is 34.8 Å². The van der Waals surface area contributed by atoms with Crippen molar-refractivity contribution in [3.8, 4) is 0 Å². The second kappa shape index (κ2) is 4.26. The van der Waals surface area contributed by atoms with Gasteiger partial charge in [-0.25, -0.2) is 0 Å². The van der Waals surface area contributed by atoms with Gasteiger partial charge in [-0.2, -0.15) is 0 Å². The lowest BCUT2D eigenvalue weighted by Gasteiger charge is -2.43. The summed E-state index contributed by atoms with van der Waals surface area (Å²) in [6.07, 6.45) is 1.07. The highest BCUT2D eigenvalue weighted by atomic mass is 32.1. The third-order valence-corrected chi connectivity index (χ3v) is 4.56. The summed E-state index contributed by atoms with van der Waals surface area (Å²) in [6.45, 7) is 4.62. The smallest absolute Gasteiger partial charge is 0.233 e. The van der Waals surface area contributed by atoms with Gasteiger partial charge in [0.05, 0.1) is 11.5 Å². The Bertz CT molecular complexity index is 397. The molecule has 1 atom stereocenters. The summed E-state index contributed by atoms with van der Waals surface area (Å²) in [6, 6.07) is 4.41. The number of thiocarbonyl (C=S) groups is 1. The van der Waals surface area contributed by atoms with E-state index in [9.17, 15) is 4.79 Å². The van der Waals surface area contributed by atoms with Gasteiger partial charge in [0.15, 0.2) is 0 Å². The van der Waals surface area contributed by atoms with Gasteiger partial charge in [0, 0.05) is 11.4 Å². The van der Waals surface area contributed by atoms with Gasteiger partial charge in [-0.3, -0.25) is 4.79 Å². The molecule has 2 heterocycles. The molecule has 1 aliphatic rings. The SMILES string of the molecule is CC(C)(C=S)C(=O)N1CCC1c1cccs1. The molecule has 2 rings (SSSR count). The number of hydrogen-bond acceptors (Lipinski definition) is 3. The van der Waals surface area contributed by atoms with Crippen molar-refractivity contribution in [2.75, 3.05) is 6.54 Å². The Kier molecular flexibility index (Phi) is 3.13. The van der Waals surface area contributed by atoms with Crippen LogP contribution in [-0.4, -0.2) is 22.7 Å². The lowest BCUT2D eigenvalue weighted by atomic mass is 9.90. The van der Waals surface area contributed by atoms with Crippen LogP contribution in [0.3, 0.4) is 0 Å². The number of carbonyl (C=O) groups excluding carboxylic acids is 1. The zero-order chi connectivity index (χ0) is 11.8. The van der Waals surface area contributed by atoms with Crippen LogP contribution in [0.2, 0.25) is 0 Å². The average molecular weight is 253 g/mol. The summed E-state index contributed by atoms with van der Waals surface area (Å²) in [7, 11) is 0. The van der Waals surface area contributed by atoms with Crippen molar-refractivity contribution in [2.24, 2.45) is 5.41 Å². The minimum absolute atomic E-state index is 0.146. The van der Waals surface area contributed by atoms with E-state index in [-0.39, 0.29) is 11.9 Å². The molecule has 0 aliphatic carbocycles. The van der Waals surface area contributed by atoms with Gasteiger partial charge in [-0.1, -0.05) is 18.3 Å². The molecule has 1 fully saturated rings. The van der Waals surface area contributed by atoms with E-state index in [1.54, 1.807) is 16.7 Å². The van der Waals surface area contributed by atoms with Crippen LogP contribution in [-0.2, 0) is 4.79 Å². The van der Waals surface area contributed by atoms with Crippen LogP contribution >= 0.6 is 23.6 Å². The van der Waals surface area contributed by atoms with Gasteiger partial charge in [0.25, 0.3) is 0 Å². The summed E-state index contributed by atoms with van der Waals surface area (Å²) in [4.78, 5) is 15.4. The Hall–Kier alpha value is -0.740. The van der Waals surface area contributed by atoms with E-state index in [2.05, 4.69) is 11.4 Å². The zero-order valence-corrected chi connectivity index (χ0v) is 11.1. The number of rotatable bonds is 3. The van der Waals surface area contributed by atoms with E-state index in [0.717, 1.165) is 13.0 Å². The molecule has 4 heteroatoms. The fourth-order valence-electron chi connectivity index (χ4n) is 1.83. The number of likely N-dealkylation sites (tertiary alicyclic amines) is 1. The molecule has 1 amide bonds. The molecule has 16 heavy (non-hydrogen) atoms. The maximum absolute atomic E-state index is 12.2. The molecule has 2 nitrogen and oxygen atoms in total. The van der Waals surface area contributed by atoms with Crippen LogP contribution in [0.25, 0.3) is 0 Å². The first-order valence-electron chi connectivity index (χ1n) is 5.37. The maximum Gasteiger partial charge on any atom is 0.233 e. The van der Waals surface area contributed by atoms with Gasteiger partial charge in [-0.15, -0.1) is 11.3 Å². The Morgan fingerprint density at radius 3 is 2.88 bits per heavy atom. The molecular weight excluding hydrogens is 238 g/mol. The van der Waals surface area contributed by atoms with E-state index < -0.39 is 5.41 Å². The van der Waals surface area contributed by atoms with Crippen LogP contribution in [0.4, 0.5) is 0 Å². The van der Waals surface area contributed by atoms with Crippen molar-refractivity contribution in [2.45, 2.75) is 26.3 Å². The van der Waals surface area contributed by atoms with Crippen molar-refractivity contribution in [1.82, 2.24) is 4.90 Å². The lowest BCUT2D eigenvalue weighted by Crippen LogP contribution is -2.50. The molecule has 0 bridgehead atoms. The fraction of sp³-hybridized carbons (Fsp3) is 0.500. The summed E-state index contributed by atoms with van der Waals surface area (Å²) in [5, 5.41) is 3.62. The standard InChI is InChI=1S/C12H15NOS2/c1-12(2,8-15)11(14)13-6-5-9(13)10-4-3-7-16-10/h3-4,7-9H,5-6H2,1-2H3. The average Bonchev–Trinajstić information content (AvgIpc) is 2.69.